The van der Waals surface area contributed by atoms with Crippen LogP contribution in [0.4, 0.5) is 0 Å². The molecule has 1 heterocycles. The molecule has 1 radical (unpaired) electrons. The van der Waals surface area contributed by atoms with E-state index in [1.54, 1.807) is 39.1 Å². The smallest absolute Gasteiger partial charge is 0.384 e. The average Bonchev–Trinajstić information content (AvgIpc) is 3.07. The molecule has 145 valence electrons. The highest BCUT2D eigenvalue weighted by Crippen LogP contribution is 2.48. The van der Waals surface area contributed by atoms with Gasteiger partial charge in [0.1, 0.15) is 0 Å². The van der Waals surface area contributed by atoms with E-state index in [-0.39, 0.29) is 0 Å². The first kappa shape index (κ1) is 22.9. The lowest BCUT2D eigenvalue weighted by molar-refractivity contribution is 0.152. The first-order valence-electron chi connectivity index (χ1n) is 8.42. The number of thiazole rings is 1. The van der Waals surface area contributed by atoms with Crippen LogP contribution < -0.4 is 0 Å². The van der Waals surface area contributed by atoms with Crippen LogP contribution in [0.2, 0.25) is 6.04 Å². The lowest BCUT2D eigenvalue weighted by atomic mass is 10.3. The van der Waals surface area contributed by atoms with Gasteiger partial charge in [-0.05, 0) is 68.4 Å². The SMILES string of the molecule is CCO[Si](CCCSSSSc1nc2ccccc2s1)OCCCOC. The van der Waals surface area contributed by atoms with E-state index in [1.165, 1.54) is 4.70 Å². The molecular formula is C16H24NO3S5Si. The molecule has 0 aliphatic rings. The number of fused-ring (bicyclic) bond motifs is 1. The molecule has 0 saturated heterocycles. The molecule has 0 atom stereocenters. The number of methoxy groups -OCH3 is 1. The number of hydrogen-bond acceptors (Lipinski definition) is 9. The van der Waals surface area contributed by atoms with Crippen LogP contribution in [0.15, 0.2) is 28.6 Å². The van der Waals surface area contributed by atoms with E-state index in [4.69, 9.17) is 13.6 Å². The normalized spacial score (nSPS) is 11.7. The van der Waals surface area contributed by atoms with Crippen molar-refractivity contribution in [3.63, 3.8) is 0 Å². The second-order valence-electron chi connectivity index (χ2n) is 5.09. The van der Waals surface area contributed by atoms with Crippen LogP contribution in [0, 0.1) is 0 Å². The zero-order valence-corrected chi connectivity index (χ0v) is 20.1. The van der Waals surface area contributed by atoms with Gasteiger partial charge in [-0.1, -0.05) is 22.9 Å². The molecular weight excluding hydrogens is 443 g/mol. The van der Waals surface area contributed by atoms with Crippen LogP contribution in [-0.2, 0) is 13.6 Å². The number of aromatic nitrogens is 1. The van der Waals surface area contributed by atoms with Crippen molar-refractivity contribution in [1.82, 2.24) is 4.98 Å². The maximum atomic E-state index is 5.87. The fourth-order valence-electron chi connectivity index (χ4n) is 2.00. The first-order valence-corrected chi connectivity index (χ1v) is 15.7. The fourth-order valence-corrected chi connectivity index (χ4v) is 11.1. The van der Waals surface area contributed by atoms with E-state index in [9.17, 15) is 0 Å². The number of hydrogen-bond donors (Lipinski definition) is 0. The Balaban J connectivity index is 1.52. The van der Waals surface area contributed by atoms with Crippen molar-refractivity contribution in [3.8, 4) is 0 Å². The first-order chi connectivity index (χ1) is 12.8. The zero-order chi connectivity index (χ0) is 18.5. The van der Waals surface area contributed by atoms with Crippen LogP contribution in [0.1, 0.15) is 19.8 Å². The van der Waals surface area contributed by atoms with Gasteiger partial charge in [-0.3, -0.25) is 0 Å². The van der Waals surface area contributed by atoms with Gasteiger partial charge < -0.3 is 13.6 Å². The topological polar surface area (TPSA) is 40.6 Å². The van der Waals surface area contributed by atoms with Crippen molar-refractivity contribution in [1.29, 1.82) is 0 Å². The molecule has 0 amide bonds. The van der Waals surface area contributed by atoms with E-state index in [0.717, 1.165) is 54.3 Å². The van der Waals surface area contributed by atoms with Gasteiger partial charge in [0.2, 0.25) is 0 Å². The Morgan fingerprint density at radius 1 is 1.12 bits per heavy atom. The highest BCUT2D eigenvalue weighted by Gasteiger charge is 2.14. The molecule has 0 bridgehead atoms. The molecule has 26 heavy (non-hydrogen) atoms. The monoisotopic (exact) mass is 466 g/mol. The molecule has 1 aromatic heterocycles. The van der Waals surface area contributed by atoms with Gasteiger partial charge in [0.25, 0.3) is 0 Å². The predicted octanol–water partition coefficient (Wildman–Crippen LogP) is 6.30. The van der Waals surface area contributed by atoms with Gasteiger partial charge >= 0.3 is 9.28 Å². The minimum atomic E-state index is -1.12. The van der Waals surface area contributed by atoms with Gasteiger partial charge in [0, 0.05) is 32.7 Å². The number of benzene rings is 1. The molecule has 0 aliphatic carbocycles. The number of para-hydroxylation sites is 1. The Hall–Kier alpha value is 0.607. The second-order valence-corrected chi connectivity index (χ2v) is 14.1. The molecule has 10 heteroatoms. The molecule has 0 saturated carbocycles. The minimum Gasteiger partial charge on any atom is -0.394 e. The Bertz CT molecular complexity index is 585. The third kappa shape index (κ3) is 9.20. The summed E-state index contributed by atoms with van der Waals surface area (Å²) in [7, 11) is 7.84. The molecule has 0 N–H and O–H groups in total. The van der Waals surface area contributed by atoms with E-state index >= 15 is 0 Å². The highest BCUT2D eigenvalue weighted by atomic mass is 33.7. The maximum absolute atomic E-state index is 5.87. The van der Waals surface area contributed by atoms with Crippen molar-refractivity contribution in [3.05, 3.63) is 24.3 Å². The third-order valence-electron chi connectivity index (χ3n) is 3.13. The summed E-state index contributed by atoms with van der Waals surface area (Å²) in [4.78, 5) is 4.63. The van der Waals surface area contributed by atoms with E-state index in [2.05, 4.69) is 23.2 Å². The maximum Gasteiger partial charge on any atom is 0.384 e. The predicted molar refractivity (Wildman–Crippen MR) is 122 cm³/mol. The number of nitrogens with zero attached hydrogens (tertiary/aromatic N) is 1. The van der Waals surface area contributed by atoms with Crippen molar-refractivity contribution >= 4 is 72.1 Å². The quantitative estimate of drug-likeness (QED) is 0.172. The van der Waals surface area contributed by atoms with E-state index in [1.807, 2.05) is 33.6 Å². The second kappa shape index (κ2) is 14.6. The molecule has 0 aliphatic heterocycles. The summed E-state index contributed by atoms with van der Waals surface area (Å²) in [6.45, 7) is 4.24. The Morgan fingerprint density at radius 3 is 2.81 bits per heavy atom. The summed E-state index contributed by atoms with van der Waals surface area (Å²) in [6, 6.07) is 9.32. The molecule has 0 spiro atoms. The van der Waals surface area contributed by atoms with E-state index in [0.29, 0.717) is 0 Å². The van der Waals surface area contributed by atoms with Crippen molar-refractivity contribution in [2.24, 2.45) is 0 Å². The van der Waals surface area contributed by atoms with Crippen molar-refractivity contribution in [2.75, 3.05) is 32.7 Å². The minimum absolute atomic E-state index is 0.731. The Labute approximate surface area is 177 Å². The Kier molecular flexibility index (Phi) is 12.8. The molecule has 1 aromatic carbocycles. The number of rotatable bonds is 15. The van der Waals surface area contributed by atoms with E-state index < -0.39 is 9.28 Å². The van der Waals surface area contributed by atoms with Crippen LogP contribution in [0.25, 0.3) is 10.2 Å². The highest BCUT2D eigenvalue weighted by molar-refractivity contribution is 9.26. The average molecular weight is 467 g/mol. The van der Waals surface area contributed by atoms with Gasteiger partial charge in [-0.15, -0.1) is 11.3 Å². The lowest BCUT2D eigenvalue weighted by Gasteiger charge is -2.14. The van der Waals surface area contributed by atoms with Crippen molar-refractivity contribution in [2.45, 2.75) is 30.1 Å². The summed E-state index contributed by atoms with van der Waals surface area (Å²) in [5.74, 6) is 1.11. The van der Waals surface area contributed by atoms with Gasteiger partial charge in [0.15, 0.2) is 4.34 Å². The third-order valence-corrected chi connectivity index (χ3v) is 12.7. The van der Waals surface area contributed by atoms with Crippen LogP contribution in [0.3, 0.4) is 0 Å². The molecule has 0 fully saturated rings. The number of ether oxygens (including phenoxy) is 1. The van der Waals surface area contributed by atoms with Gasteiger partial charge in [-0.25, -0.2) is 4.98 Å². The van der Waals surface area contributed by atoms with Gasteiger partial charge in [-0.2, -0.15) is 0 Å². The van der Waals surface area contributed by atoms with Crippen LogP contribution >= 0.6 is 52.6 Å². The molecule has 0 unspecified atom stereocenters. The van der Waals surface area contributed by atoms with Gasteiger partial charge in [0.05, 0.1) is 10.2 Å². The zero-order valence-electron chi connectivity index (χ0n) is 15.0. The lowest BCUT2D eigenvalue weighted by Crippen LogP contribution is -2.24. The van der Waals surface area contributed by atoms with Crippen LogP contribution in [0.5, 0.6) is 0 Å². The standard InChI is InChI=1S/C16H24NO3S5Si/c1-3-19-26(20-11-6-10-18-2)13-7-12-21-24-25-23-16-17-14-8-4-5-9-15(14)22-16/h4-5,8-9H,3,6-7,10-13H2,1-2H3. The summed E-state index contributed by atoms with van der Waals surface area (Å²) in [6.07, 6.45) is 2.06. The molecule has 2 rings (SSSR count). The molecule has 2 aromatic rings. The fraction of sp³-hybridized carbons (Fsp3) is 0.562. The summed E-state index contributed by atoms with van der Waals surface area (Å²) in [5.41, 5.74) is 1.09. The van der Waals surface area contributed by atoms with Crippen LogP contribution in [-0.4, -0.2) is 47.0 Å². The molecule has 4 nitrogen and oxygen atoms in total. The summed E-state index contributed by atoms with van der Waals surface area (Å²) < 4.78 is 19.0. The Morgan fingerprint density at radius 2 is 2.00 bits per heavy atom. The summed E-state index contributed by atoms with van der Waals surface area (Å²) >= 11 is 1.76. The summed E-state index contributed by atoms with van der Waals surface area (Å²) in [5, 5.41) is 0. The van der Waals surface area contributed by atoms with Crippen molar-refractivity contribution < 1.29 is 13.6 Å². The largest absolute Gasteiger partial charge is 0.394 e.